The van der Waals surface area contributed by atoms with Crippen molar-refractivity contribution in [3.05, 3.63) is 83.7 Å². The molecule has 7 nitrogen and oxygen atoms in total. The van der Waals surface area contributed by atoms with Gasteiger partial charge in [-0.1, -0.05) is 32.0 Å². The molecule has 2 amide bonds. The molecule has 3 heterocycles. The van der Waals surface area contributed by atoms with Gasteiger partial charge in [0, 0.05) is 69.0 Å². The van der Waals surface area contributed by atoms with Gasteiger partial charge in [0.2, 0.25) is 5.91 Å². The molecule has 1 aromatic carbocycles. The predicted molar refractivity (Wildman–Crippen MR) is 136 cm³/mol. The van der Waals surface area contributed by atoms with Crippen molar-refractivity contribution in [2.45, 2.75) is 40.2 Å². The lowest BCUT2D eigenvalue weighted by Gasteiger charge is -2.25. The molecule has 184 valence electrons. The number of carbonyl (C=O) groups is 2. The summed E-state index contributed by atoms with van der Waals surface area (Å²) in [6.07, 6.45) is 6.79. The van der Waals surface area contributed by atoms with Crippen LogP contribution < -0.4 is 0 Å². The van der Waals surface area contributed by atoms with Crippen molar-refractivity contribution in [3.63, 3.8) is 0 Å². The van der Waals surface area contributed by atoms with Gasteiger partial charge in [-0.25, -0.2) is 4.98 Å². The van der Waals surface area contributed by atoms with Crippen molar-refractivity contribution in [2.24, 2.45) is 11.8 Å². The predicted octanol–water partition coefficient (Wildman–Crippen LogP) is 3.82. The van der Waals surface area contributed by atoms with E-state index in [0.29, 0.717) is 50.6 Å². The van der Waals surface area contributed by atoms with Crippen LogP contribution in [0.2, 0.25) is 0 Å². The van der Waals surface area contributed by atoms with E-state index < -0.39 is 0 Å². The molecule has 0 unspecified atom stereocenters. The van der Waals surface area contributed by atoms with Crippen molar-refractivity contribution < 1.29 is 9.59 Å². The zero-order valence-electron chi connectivity index (χ0n) is 20.9. The Hall–Kier alpha value is -3.48. The number of carbonyl (C=O) groups excluding carboxylic acids is 2. The summed E-state index contributed by atoms with van der Waals surface area (Å²) in [5.74, 6) is 1.55. The Balaban J connectivity index is 1.52. The zero-order valence-corrected chi connectivity index (χ0v) is 20.9. The third-order valence-electron chi connectivity index (χ3n) is 6.49. The fourth-order valence-electron chi connectivity index (χ4n) is 4.69. The number of aryl methyl sites for hydroxylation is 1. The topological polar surface area (TPSA) is 71.3 Å². The molecule has 35 heavy (non-hydrogen) atoms. The van der Waals surface area contributed by atoms with E-state index >= 15 is 0 Å². The minimum absolute atomic E-state index is 0.0124. The zero-order chi connectivity index (χ0) is 24.8. The summed E-state index contributed by atoms with van der Waals surface area (Å²) in [4.78, 5) is 39.2. The molecule has 0 radical (unpaired) electrons. The highest BCUT2D eigenvalue weighted by Gasteiger charge is 2.29. The van der Waals surface area contributed by atoms with Gasteiger partial charge in [-0.2, -0.15) is 0 Å². The molecular weight excluding hydrogens is 438 g/mol. The minimum Gasteiger partial charge on any atom is -0.341 e. The fraction of sp³-hybridized carbons (Fsp3) is 0.429. The average molecular weight is 474 g/mol. The van der Waals surface area contributed by atoms with Crippen LogP contribution in [0.15, 0.2) is 61.1 Å². The maximum absolute atomic E-state index is 13.6. The molecule has 0 bridgehead atoms. The summed E-state index contributed by atoms with van der Waals surface area (Å²) in [6, 6.07) is 13.7. The number of hydrogen-bond acceptors (Lipinski definition) is 4. The second-order valence-electron chi connectivity index (χ2n) is 9.88. The monoisotopic (exact) mass is 473 g/mol. The van der Waals surface area contributed by atoms with Crippen molar-refractivity contribution in [1.82, 2.24) is 24.3 Å². The summed E-state index contributed by atoms with van der Waals surface area (Å²) >= 11 is 0. The Kier molecular flexibility index (Phi) is 7.95. The van der Waals surface area contributed by atoms with Gasteiger partial charge in [0.05, 0.1) is 0 Å². The first kappa shape index (κ1) is 24.6. The second kappa shape index (κ2) is 11.3. The lowest BCUT2D eigenvalue weighted by Crippen LogP contribution is -2.37. The van der Waals surface area contributed by atoms with Crippen LogP contribution in [-0.4, -0.2) is 62.3 Å². The minimum atomic E-state index is 0.0124. The van der Waals surface area contributed by atoms with E-state index in [9.17, 15) is 9.59 Å². The molecule has 1 saturated heterocycles. The van der Waals surface area contributed by atoms with Gasteiger partial charge in [-0.15, -0.1) is 0 Å². The van der Waals surface area contributed by atoms with Crippen LogP contribution in [0.5, 0.6) is 0 Å². The van der Waals surface area contributed by atoms with Crippen LogP contribution in [0.4, 0.5) is 0 Å². The Morgan fingerprint density at radius 1 is 1.00 bits per heavy atom. The number of nitrogens with zero attached hydrogens (tertiary/aromatic N) is 5. The highest BCUT2D eigenvalue weighted by Crippen LogP contribution is 2.19. The van der Waals surface area contributed by atoms with Gasteiger partial charge in [-0.05, 0) is 55.0 Å². The Bertz CT molecular complexity index is 1140. The number of amides is 2. The Morgan fingerprint density at radius 3 is 2.51 bits per heavy atom. The standard InChI is InChI=1S/C28H35N5O2/c1-21(2)15-27(34)32-13-14-33(20-24(19-32)17-26-9-4-5-10-30-26)28(35)25-8-6-7-23(16-25)18-31-12-11-29-22(31)3/h4-12,16,21,24H,13-15,17-20H2,1-3H3/t24-/m1/s1. The van der Waals surface area contributed by atoms with Crippen molar-refractivity contribution in [2.75, 3.05) is 26.2 Å². The fourth-order valence-corrected chi connectivity index (χ4v) is 4.69. The van der Waals surface area contributed by atoms with Gasteiger partial charge in [-0.3, -0.25) is 14.6 Å². The third kappa shape index (κ3) is 6.56. The molecule has 0 aliphatic carbocycles. The number of aromatic nitrogens is 3. The van der Waals surface area contributed by atoms with E-state index in [-0.39, 0.29) is 17.7 Å². The van der Waals surface area contributed by atoms with Crippen LogP contribution in [0, 0.1) is 18.8 Å². The van der Waals surface area contributed by atoms with Crippen LogP contribution in [-0.2, 0) is 17.8 Å². The summed E-state index contributed by atoms with van der Waals surface area (Å²) in [6.45, 7) is 9.12. The van der Waals surface area contributed by atoms with Crippen LogP contribution in [0.3, 0.4) is 0 Å². The molecule has 1 fully saturated rings. The van der Waals surface area contributed by atoms with E-state index in [2.05, 4.69) is 28.4 Å². The van der Waals surface area contributed by atoms with E-state index in [0.717, 1.165) is 23.5 Å². The number of hydrogen-bond donors (Lipinski definition) is 0. The lowest BCUT2D eigenvalue weighted by molar-refractivity contribution is -0.132. The van der Waals surface area contributed by atoms with Crippen LogP contribution >= 0.6 is 0 Å². The molecule has 0 spiro atoms. The van der Waals surface area contributed by atoms with E-state index in [1.54, 1.807) is 12.4 Å². The van der Waals surface area contributed by atoms with Gasteiger partial charge in [0.1, 0.15) is 5.82 Å². The molecule has 3 aromatic rings. The Morgan fingerprint density at radius 2 is 1.80 bits per heavy atom. The molecule has 1 atom stereocenters. The smallest absolute Gasteiger partial charge is 0.253 e. The van der Waals surface area contributed by atoms with E-state index in [1.807, 2.05) is 65.4 Å². The van der Waals surface area contributed by atoms with E-state index in [4.69, 9.17) is 0 Å². The number of pyridine rings is 1. The first-order chi connectivity index (χ1) is 16.9. The van der Waals surface area contributed by atoms with Gasteiger partial charge in [0.25, 0.3) is 5.91 Å². The highest BCUT2D eigenvalue weighted by molar-refractivity contribution is 5.94. The SMILES string of the molecule is Cc1nccn1Cc1cccc(C(=O)N2CCN(C(=O)CC(C)C)C[C@@H](Cc3ccccn3)C2)c1. The molecule has 2 aromatic heterocycles. The lowest BCUT2D eigenvalue weighted by atomic mass is 10.0. The highest BCUT2D eigenvalue weighted by atomic mass is 16.2. The van der Waals surface area contributed by atoms with Gasteiger partial charge >= 0.3 is 0 Å². The van der Waals surface area contributed by atoms with Gasteiger partial charge in [0.15, 0.2) is 0 Å². The summed E-state index contributed by atoms with van der Waals surface area (Å²) in [5, 5.41) is 0. The van der Waals surface area contributed by atoms with Crippen molar-refractivity contribution in [1.29, 1.82) is 0 Å². The molecule has 0 N–H and O–H groups in total. The van der Waals surface area contributed by atoms with Gasteiger partial charge < -0.3 is 14.4 Å². The first-order valence-electron chi connectivity index (χ1n) is 12.4. The van der Waals surface area contributed by atoms with E-state index in [1.165, 1.54) is 0 Å². The molecule has 7 heteroatoms. The number of benzene rings is 1. The average Bonchev–Trinajstić information content (AvgIpc) is 3.11. The first-order valence-corrected chi connectivity index (χ1v) is 12.4. The van der Waals surface area contributed by atoms with Crippen molar-refractivity contribution in [3.8, 4) is 0 Å². The van der Waals surface area contributed by atoms with Crippen LogP contribution in [0.1, 0.15) is 47.7 Å². The summed E-state index contributed by atoms with van der Waals surface area (Å²) in [5.41, 5.74) is 2.73. The molecule has 1 aliphatic heterocycles. The Labute approximate surface area is 207 Å². The molecule has 1 aliphatic rings. The normalized spacial score (nSPS) is 16.4. The molecule has 0 saturated carbocycles. The second-order valence-corrected chi connectivity index (χ2v) is 9.88. The molecule has 4 rings (SSSR count). The quantitative estimate of drug-likeness (QED) is 0.523. The third-order valence-corrected chi connectivity index (χ3v) is 6.49. The maximum Gasteiger partial charge on any atom is 0.253 e. The maximum atomic E-state index is 13.6. The molecular formula is C28H35N5O2. The summed E-state index contributed by atoms with van der Waals surface area (Å²) in [7, 11) is 0. The van der Waals surface area contributed by atoms with Crippen LogP contribution in [0.25, 0.3) is 0 Å². The number of imidazole rings is 1. The summed E-state index contributed by atoms with van der Waals surface area (Å²) < 4.78 is 2.07. The number of rotatable bonds is 7. The largest absolute Gasteiger partial charge is 0.341 e. The van der Waals surface area contributed by atoms with Crippen molar-refractivity contribution >= 4 is 11.8 Å².